The van der Waals surface area contributed by atoms with Gasteiger partial charge in [-0.1, -0.05) is 206 Å². The van der Waals surface area contributed by atoms with Crippen molar-refractivity contribution in [2.24, 2.45) is 0 Å². The van der Waals surface area contributed by atoms with E-state index in [0.717, 1.165) is 77.6 Å². The average molecular weight is 791 g/mol. The lowest BCUT2D eigenvalue weighted by molar-refractivity contribution is 1.07. The third kappa shape index (κ3) is 7.10. The van der Waals surface area contributed by atoms with Gasteiger partial charge in [-0.15, -0.1) is 0 Å². The fraction of sp³-hybridized carbons (Fsp3) is 0. The van der Waals surface area contributed by atoms with Crippen LogP contribution < -0.4 is 0 Å². The van der Waals surface area contributed by atoms with Gasteiger partial charge < -0.3 is 0 Å². The molecule has 0 atom stereocenters. The molecule has 0 aliphatic carbocycles. The zero-order chi connectivity index (χ0) is 41.2. The SMILES string of the molecule is c1ccc(-c2cccc(-c3nc(-c4cccc(-c5ccccc5)c4)nc(-c4cccc(-c5ccc6c(c5)nc(-c5ccccc5)c5cccc(-c7ccccc7)c56)c4)n3)c2)cc1. The van der Waals surface area contributed by atoms with Crippen molar-refractivity contribution in [1.29, 1.82) is 0 Å². The third-order valence-electron chi connectivity index (χ3n) is 11.5. The first-order valence-electron chi connectivity index (χ1n) is 20.9. The molecule has 0 saturated heterocycles. The normalized spacial score (nSPS) is 11.2. The molecule has 0 radical (unpaired) electrons. The predicted molar refractivity (Wildman–Crippen MR) is 256 cm³/mol. The summed E-state index contributed by atoms with van der Waals surface area (Å²) in [7, 11) is 0. The van der Waals surface area contributed by atoms with Crippen LogP contribution in [-0.2, 0) is 0 Å². The van der Waals surface area contributed by atoms with Crippen LogP contribution in [0.5, 0.6) is 0 Å². The molecule has 9 aromatic carbocycles. The number of aromatic nitrogens is 4. The van der Waals surface area contributed by atoms with E-state index in [1.165, 1.54) is 16.5 Å². The minimum Gasteiger partial charge on any atom is -0.247 e. The quantitative estimate of drug-likeness (QED) is 0.144. The van der Waals surface area contributed by atoms with Crippen LogP contribution in [0.1, 0.15) is 0 Å². The van der Waals surface area contributed by atoms with Crippen LogP contribution in [0.3, 0.4) is 0 Å². The second-order valence-electron chi connectivity index (χ2n) is 15.4. The molecule has 0 aliphatic heterocycles. The van der Waals surface area contributed by atoms with Crippen molar-refractivity contribution >= 4 is 21.7 Å². The maximum absolute atomic E-state index is 5.39. The lowest BCUT2D eigenvalue weighted by Crippen LogP contribution is -2.00. The van der Waals surface area contributed by atoms with Gasteiger partial charge in [0.15, 0.2) is 17.5 Å². The summed E-state index contributed by atoms with van der Waals surface area (Å²) in [4.78, 5) is 20.9. The molecule has 4 nitrogen and oxygen atoms in total. The van der Waals surface area contributed by atoms with Gasteiger partial charge in [-0.25, -0.2) is 19.9 Å². The van der Waals surface area contributed by atoms with E-state index in [-0.39, 0.29) is 0 Å². The Morgan fingerprint density at radius 2 is 0.613 bits per heavy atom. The van der Waals surface area contributed by atoms with Gasteiger partial charge in [0.1, 0.15) is 0 Å². The molecule has 2 aromatic heterocycles. The Hall–Kier alpha value is -8.34. The van der Waals surface area contributed by atoms with Crippen LogP contribution in [0, 0.1) is 0 Å². The molecule has 4 heteroatoms. The van der Waals surface area contributed by atoms with E-state index >= 15 is 0 Å². The van der Waals surface area contributed by atoms with E-state index in [1.54, 1.807) is 0 Å². The van der Waals surface area contributed by atoms with Crippen molar-refractivity contribution in [3.63, 3.8) is 0 Å². The molecular formula is C58H38N4. The molecular weight excluding hydrogens is 753 g/mol. The van der Waals surface area contributed by atoms with Gasteiger partial charge in [-0.3, -0.25) is 0 Å². The fourth-order valence-corrected chi connectivity index (χ4v) is 8.45. The van der Waals surface area contributed by atoms with Crippen molar-refractivity contribution in [1.82, 2.24) is 19.9 Å². The second kappa shape index (κ2) is 16.0. The van der Waals surface area contributed by atoms with Crippen molar-refractivity contribution in [3.05, 3.63) is 231 Å². The second-order valence-corrected chi connectivity index (χ2v) is 15.4. The molecule has 0 bridgehead atoms. The summed E-state index contributed by atoms with van der Waals surface area (Å²) in [5.41, 5.74) is 14.7. The zero-order valence-electron chi connectivity index (χ0n) is 33.7. The summed E-state index contributed by atoms with van der Waals surface area (Å²) in [6.45, 7) is 0. The highest BCUT2D eigenvalue weighted by Crippen LogP contribution is 2.40. The van der Waals surface area contributed by atoms with Gasteiger partial charge in [0.25, 0.3) is 0 Å². The Bertz CT molecular complexity index is 3280. The number of nitrogens with zero attached hydrogens (tertiary/aromatic N) is 4. The Labute approximate surface area is 360 Å². The Morgan fingerprint density at radius 3 is 1.11 bits per heavy atom. The topological polar surface area (TPSA) is 51.6 Å². The smallest absolute Gasteiger partial charge is 0.164 e. The van der Waals surface area contributed by atoms with E-state index in [4.69, 9.17) is 19.9 Å². The van der Waals surface area contributed by atoms with Gasteiger partial charge in [-0.05, 0) is 68.8 Å². The lowest BCUT2D eigenvalue weighted by Gasteiger charge is -2.15. The highest BCUT2D eigenvalue weighted by Gasteiger charge is 2.17. The highest BCUT2D eigenvalue weighted by molar-refractivity contribution is 6.17. The minimum atomic E-state index is 0.603. The molecule has 0 N–H and O–H groups in total. The van der Waals surface area contributed by atoms with E-state index in [9.17, 15) is 0 Å². The molecule has 0 spiro atoms. The molecule has 290 valence electrons. The standard InChI is InChI=1S/C58H38N4/c1-5-17-39(18-6-1)43-25-13-28-47(35-43)56-60-57(48-29-14-26-44(36-48)40-19-7-2-8-20-40)62-58(61-56)49-30-15-27-45(37-49)46-33-34-51-53(38-46)59-55(42-23-11-4-12-24-42)52-32-16-31-50(54(51)52)41-21-9-3-10-22-41/h1-38H. The molecule has 62 heavy (non-hydrogen) atoms. The van der Waals surface area contributed by atoms with Gasteiger partial charge in [0.05, 0.1) is 11.2 Å². The summed E-state index contributed by atoms with van der Waals surface area (Å²) in [5, 5.41) is 3.44. The van der Waals surface area contributed by atoms with Gasteiger partial charge in [0, 0.05) is 38.4 Å². The third-order valence-corrected chi connectivity index (χ3v) is 11.5. The van der Waals surface area contributed by atoms with E-state index in [2.05, 4.69) is 218 Å². The van der Waals surface area contributed by atoms with Crippen LogP contribution in [0.25, 0.3) is 112 Å². The van der Waals surface area contributed by atoms with Crippen LogP contribution in [0.4, 0.5) is 0 Å². The van der Waals surface area contributed by atoms with Crippen LogP contribution in [0.2, 0.25) is 0 Å². The summed E-state index contributed by atoms with van der Waals surface area (Å²) >= 11 is 0. The van der Waals surface area contributed by atoms with E-state index in [0.29, 0.717) is 17.5 Å². The molecule has 0 fully saturated rings. The minimum absolute atomic E-state index is 0.603. The summed E-state index contributed by atoms with van der Waals surface area (Å²) < 4.78 is 0. The molecule has 2 heterocycles. The summed E-state index contributed by atoms with van der Waals surface area (Å²) in [5.74, 6) is 1.83. The van der Waals surface area contributed by atoms with Crippen LogP contribution in [-0.4, -0.2) is 19.9 Å². The largest absolute Gasteiger partial charge is 0.247 e. The fourth-order valence-electron chi connectivity index (χ4n) is 8.45. The molecule has 0 aliphatic rings. The average Bonchev–Trinajstić information content (AvgIpc) is 3.37. The first-order chi connectivity index (χ1) is 30.7. The van der Waals surface area contributed by atoms with Crippen molar-refractivity contribution in [2.75, 3.05) is 0 Å². The van der Waals surface area contributed by atoms with Crippen LogP contribution >= 0.6 is 0 Å². The first kappa shape index (κ1) is 36.7. The van der Waals surface area contributed by atoms with Crippen LogP contribution in [0.15, 0.2) is 231 Å². The number of hydrogen-bond donors (Lipinski definition) is 0. The zero-order valence-corrected chi connectivity index (χ0v) is 33.7. The maximum Gasteiger partial charge on any atom is 0.164 e. The molecule has 0 amide bonds. The number of hydrogen-bond acceptors (Lipinski definition) is 4. The van der Waals surface area contributed by atoms with E-state index < -0.39 is 0 Å². The molecule has 11 rings (SSSR count). The summed E-state index contributed by atoms with van der Waals surface area (Å²) in [6, 6.07) is 80.5. The number of fused-ring (bicyclic) bond motifs is 3. The van der Waals surface area contributed by atoms with Gasteiger partial charge in [0.2, 0.25) is 0 Å². The Kier molecular flexibility index (Phi) is 9.49. The lowest BCUT2D eigenvalue weighted by atomic mass is 9.92. The van der Waals surface area contributed by atoms with Gasteiger partial charge >= 0.3 is 0 Å². The Balaban J connectivity index is 1.06. The highest BCUT2D eigenvalue weighted by atomic mass is 15.0. The Morgan fingerprint density at radius 1 is 0.226 bits per heavy atom. The van der Waals surface area contributed by atoms with Crippen molar-refractivity contribution < 1.29 is 0 Å². The van der Waals surface area contributed by atoms with Crippen molar-refractivity contribution in [2.45, 2.75) is 0 Å². The molecule has 11 aromatic rings. The number of rotatable bonds is 8. The molecule has 0 unspecified atom stereocenters. The summed E-state index contributed by atoms with van der Waals surface area (Å²) in [6.07, 6.45) is 0. The van der Waals surface area contributed by atoms with E-state index in [1.807, 2.05) is 12.1 Å². The van der Waals surface area contributed by atoms with Crippen molar-refractivity contribution in [3.8, 4) is 89.9 Å². The number of benzene rings is 9. The molecule has 0 saturated carbocycles. The predicted octanol–water partition coefficient (Wildman–Crippen LogP) is 14.9. The number of pyridine rings is 1. The monoisotopic (exact) mass is 790 g/mol. The first-order valence-corrected chi connectivity index (χ1v) is 20.9. The maximum atomic E-state index is 5.39. The van der Waals surface area contributed by atoms with Gasteiger partial charge in [-0.2, -0.15) is 0 Å².